The van der Waals surface area contributed by atoms with Crippen LogP contribution in [-0.2, 0) is 31.4 Å². The molecule has 2 aromatic rings. The van der Waals surface area contributed by atoms with E-state index in [4.69, 9.17) is 13.8 Å². The number of carbonyl (C=O) groups is 1. The van der Waals surface area contributed by atoms with E-state index in [9.17, 15) is 9.36 Å². The van der Waals surface area contributed by atoms with Gasteiger partial charge in [-0.3, -0.25) is 4.57 Å². The fourth-order valence-corrected chi connectivity index (χ4v) is 4.78. The number of ether oxygens (including phenoxy) is 1. The maximum atomic E-state index is 13.1. The minimum absolute atomic E-state index is 0.126. The zero-order chi connectivity index (χ0) is 21.2. The van der Waals surface area contributed by atoms with Crippen molar-refractivity contribution in [1.29, 1.82) is 0 Å². The van der Waals surface area contributed by atoms with Gasteiger partial charge in [0.15, 0.2) is 0 Å². The van der Waals surface area contributed by atoms with E-state index in [2.05, 4.69) is 17.4 Å². The minimum Gasteiger partial charge on any atom is -0.445 e. The van der Waals surface area contributed by atoms with E-state index in [1.54, 1.807) is 6.92 Å². The van der Waals surface area contributed by atoms with E-state index in [0.717, 1.165) is 24.8 Å². The van der Waals surface area contributed by atoms with Crippen molar-refractivity contribution in [2.45, 2.75) is 44.5 Å². The summed E-state index contributed by atoms with van der Waals surface area (Å²) in [5.74, 6) is 0. The molecule has 0 heterocycles. The number of hydrogen-bond acceptors (Lipinski definition) is 5. The van der Waals surface area contributed by atoms with E-state index < -0.39 is 19.0 Å². The summed E-state index contributed by atoms with van der Waals surface area (Å²) in [6, 6.07) is 19.5. The van der Waals surface area contributed by atoms with Crippen LogP contribution < -0.4 is 5.32 Å². The lowest BCUT2D eigenvalue weighted by atomic mass is 10.0. The summed E-state index contributed by atoms with van der Waals surface area (Å²) < 4.78 is 28.8. The topological polar surface area (TPSA) is 73.9 Å². The van der Waals surface area contributed by atoms with Gasteiger partial charge < -0.3 is 19.1 Å². The molecule has 2 rings (SSSR count). The molecule has 0 unspecified atom stereocenters. The molecule has 0 aliphatic heterocycles. The maximum absolute atomic E-state index is 13.1. The lowest BCUT2D eigenvalue weighted by molar-refractivity contribution is 0.128. The van der Waals surface area contributed by atoms with Crippen LogP contribution in [0, 0.1) is 0 Å². The van der Waals surface area contributed by atoms with Crippen molar-refractivity contribution < 1.29 is 23.1 Å². The fraction of sp³-hybridized carbons (Fsp3) is 0.409. The highest BCUT2D eigenvalue weighted by atomic mass is 31.2. The Morgan fingerprint density at radius 1 is 0.931 bits per heavy atom. The van der Waals surface area contributed by atoms with E-state index >= 15 is 0 Å². The van der Waals surface area contributed by atoms with Crippen LogP contribution >= 0.6 is 7.60 Å². The third-order valence-corrected chi connectivity index (χ3v) is 7.40. The van der Waals surface area contributed by atoms with Gasteiger partial charge in [-0.2, -0.15) is 0 Å². The number of alkyl carbamates (subject to hydrolysis) is 1. The highest BCUT2D eigenvalue weighted by molar-refractivity contribution is 7.55. The summed E-state index contributed by atoms with van der Waals surface area (Å²) >= 11 is 0. The predicted octanol–water partition coefficient (Wildman–Crippen LogP) is 5.53. The Hall–Kier alpha value is -2.14. The van der Waals surface area contributed by atoms with E-state index in [1.165, 1.54) is 19.8 Å². The Morgan fingerprint density at radius 3 is 2.03 bits per heavy atom. The highest BCUT2D eigenvalue weighted by Gasteiger charge is 2.47. The number of carbonyl (C=O) groups excluding carboxylic acids is 1. The molecule has 0 aliphatic rings. The van der Waals surface area contributed by atoms with Gasteiger partial charge in [-0.1, -0.05) is 67.1 Å². The molecule has 1 atom stereocenters. The number of amides is 1. The van der Waals surface area contributed by atoms with E-state index in [0.29, 0.717) is 6.42 Å². The second-order valence-electron chi connectivity index (χ2n) is 7.02. The standard InChI is InChI=1S/C22H30NO5P/c1-22(29(25,26-2)27-3,17-11-10-14-19-12-6-4-7-13-19)23-21(24)28-18-20-15-8-5-9-16-20/h4-9,12-13,15-16H,10-11,14,17-18H2,1-3H3,(H,23,24)/t22-/m0/s1. The summed E-state index contributed by atoms with van der Waals surface area (Å²) in [6.45, 7) is 1.80. The third-order valence-electron chi connectivity index (χ3n) is 4.89. The minimum atomic E-state index is -3.58. The SMILES string of the molecule is COP(=O)(OC)[C@@](C)(CCCCc1ccccc1)NC(=O)OCc1ccccc1. The number of unbranched alkanes of at least 4 members (excludes halogenated alkanes) is 1. The molecule has 0 saturated carbocycles. The molecule has 1 amide bonds. The molecular weight excluding hydrogens is 389 g/mol. The summed E-state index contributed by atoms with van der Waals surface area (Å²) in [7, 11) is -0.931. The molecule has 158 valence electrons. The van der Waals surface area contributed by atoms with E-state index in [-0.39, 0.29) is 6.61 Å². The van der Waals surface area contributed by atoms with Crippen molar-refractivity contribution in [3.63, 3.8) is 0 Å². The Bertz CT molecular complexity index is 791. The van der Waals surface area contributed by atoms with Crippen LogP contribution in [0.3, 0.4) is 0 Å². The molecular formula is C22H30NO5P. The van der Waals surface area contributed by atoms with Crippen LogP contribution in [0.15, 0.2) is 60.7 Å². The Balaban J connectivity index is 1.97. The van der Waals surface area contributed by atoms with Gasteiger partial charge in [-0.25, -0.2) is 4.79 Å². The number of benzene rings is 2. The molecule has 2 aromatic carbocycles. The van der Waals surface area contributed by atoms with Gasteiger partial charge in [-0.15, -0.1) is 0 Å². The van der Waals surface area contributed by atoms with Gasteiger partial charge in [0.2, 0.25) is 0 Å². The van der Waals surface area contributed by atoms with Crippen molar-refractivity contribution in [2.24, 2.45) is 0 Å². The summed E-state index contributed by atoms with van der Waals surface area (Å²) in [5.41, 5.74) is 2.11. The predicted molar refractivity (Wildman–Crippen MR) is 114 cm³/mol. The van der Waals surface area contributed by atoms with Crippen LogP contribution in [0.25, 0.3) is 0 Å². The summed E-state index contributed by atoms with van der Waals surface area (Å²) in [5, 5.41) is 1.54. The zero-order valence-corrected chi connectivity index (χ0v) is 18.2. The van der Waals surface area contributed by atoms with Crippen LogP contribution in [0.4, 0.5) is 4.79 Å². The van der Waals surface area contributed by atoms with Gasteiger partial charge in [0.1, 0.15) is 11.9 Å². The number of hydrogen-bond donors (Lipinski definition) is 1. The molecule has 0 fully saturated rings. The molecule has 29 heavy (non-hydrogen) atoms. The van der Waals surface area contributed by atoms with Gasteiger partial charge in [-0.05, 0) is 37.3 Å². The summed E-state index contributed by atoms with van der Waals surface area (Å²) in [6.07, 6.45) is 2.29. The fourth-order valence-electron chi connectivity index (χ4n) is 3.17. The average Bonchev–Trinajstić information content (AvgIpc) is 2.76. The average molecular weight is 419 g/mol. The summed E-state index contributed by atoms with van der Waals surface area (Å²) in [4.78, 5) is 12.4. The lowest BCUT2D eigenvalue weighted by Crippen LogP contribution is -2.46. The van der Waals surface area contributed by atoms with Crippen molar-refractivity contribution in [3.8, 4) is 0 Å². The van der Waals surface area contributed by atoms with Crippen LogP contribution in [0.1, 0.15) is 37.3 Å². The van der Waals surface area contributed by atoms with Crippen LogP contribution in [0.5, 0.6) is 0 Å². The van der Waals surface area contributed by atoms with Gasteiger partial charge in [0.25, 0.3) is 0 Å². The van der Waals surface area contributed by atoms with Crippen molar-refractivity contribution in [2.75, 3.05) is 14.2 Å². The van der Waals surface area contributed by atoms with Crippen molar-refractivity contribution >= 4 is 13.7 Å². The quantitative estimate of drug-likeness (QED) is 0.383. The molecule has 0 aromatic heterocycles. The first-order chi connectivity index (χ1) is 13.9. The molecule has 6 nitrogen and oxygen atoms in total. The normalized spacial score (nSPS) is 13.5. The number of nitrogens with one attached hydrogen (secondary N) is 1. The largest absolute Gasteiger partial charge is 0.445 e. The maximum Gasteiger partial charge on any atom is 0.408 e. The Morgan fingerprint density at radius 2 is 1.48 bits per heavy atom. The monoisotopic (exact) mass is 419 g/mol. The first kappa shape index (κ1) is 23.1. The molecule has 0 radical (unpaired) electrons. The Kier molecular flexibility index (Phi) is 8.90. The number of rotatable bonds is 11. The van der Waals surface area contributed by atoms with Crippen molar-refractivity contribution in [1.82, 2.24) is 5.32 Å². The third kappa shape index (κ3) is 6.70. The first-order valence-corrected chi connectivity index (χ1v) is 11.2. The van der Waals surface area contributed by atoms with Crippen LogP contribution in [-0.4, -0.2) is 25.6 Å². The highest BCUT2D eigenvalue weighted by Crippen LogP contribution is 2.59. The van der Waals surface area contributed by atoms with Gasteiger partial charge in [0.05, 0.1) is 0 Å². The molecule has 0 saturated heterocycles. The zero-order valence-electron chi connectivity index (χ0n) is 17.3. The number of aryl methyl sites for hydroxylation is 1. The van der Waals surface area contributed by atoms with Gasteiger partial charge >= 0.3 is 13.7 Å². The van der Waals surface area contributed by atoms with Gasteiger partial charge in [0, 0.05) is 14.2 Å². The first-order valence-electron chi connectivity index (χ1n) is 9.67. The van der Waals surface area contributed by atoms with Crippen molar-refractivity contribution in [3.05, 3.63) is 71.8 Å². The smallest absolute Gasteiger partial charge is 0.408 e. The molecule has 0 aliphatic carbocycles. The molecule has 7 heteroatoms. The van der Waals surface area contributed by atoms with E-state index in [1.807, 2.05) is 48.5 Å². The lowest BCUT2D eigenvalue weighted by Gasteiger charge is -2.35. The van der Waals surface area contributed by atoms with Crippen LogP contribution in [0.2, 0.25) is 0 Å². The second kappa shape index (κ2) is 11.1. The molecule has 1 N–H and O–H groups in total. The molecule has 0 bridgehead atoms. The molecule has 0 spiro atoms. The Labute approximate surface area is 173 Å². The second-order valence-corrected chi connectivity index (χ2v) is 9.73.